The van der Waals surface area contributed by atoms with Gasteiger partial charge in [0, 0.05) is 23.2 Å². The molecular formula is C20H22N4O. The molecule has 3 heterocycles. The fourth-order valence-electron chi connectivity index (χ4n) is 3.66. The van der Waals surface area contributed by atoms with Crippen molar-refractivity contribution < 1.29 is 4.79 Å². The summed E-state index contributed by atoms with van der Waals surface area (Å²) < 4.78 is 1.89. The Labute approximate surface area is 147 Å². The zero-order chi connectivity index (χ0) is 17.7. The second-order valence-corrected chi connectivity index (χ2v) is 7.07. The van der Waals surface area contributed by atoms with Crippen molar-refractivity contribution in [2.45, 2.75) is 46.2 Å². The Kier molecular flexibility index (Phi) is 3.60. The van der Waals surface area contributed by atoms with Gasteiger partial charge in [0.1, 0.15) is 0 Å². The van der Waals surface area contributed by atoms with Crippen LogP contribution in [0.25, 0.3) is 11.0 Å². The van der Waals surface area contributed by atoms with Crippen molar-refractivity contribution in [1.29, 1.82) is 0 Å². The highest BCUT2D eigenvalue weighted by Gasteiger charge is 2.32. The van der Waals surface area contributed by atoms with Crippen LogP contribution in [0.3, 0.4) is 0 Å². The third kappa shape index (κ3) is 2.42. The molecule has 4 rings (SSSR count). The van der Waals surface area contributed by atoms with Crippen LogP contribution in [0.4, 0.5) is 5.69 Å². The molecule has 0 radical (unpaired) electrons. The van der Waals surface area contributed by atoms with Crippen LogP contribution in [0.1, 0.15) is 48.4 Å². The summed E-state index contributed by atoms with van der Waals surface area (Å²) in [5, 5.41) is 5.32. The number of hydrogen-bond acceptors (Lipinski definition) is 3. The molecular weight excluding hydrogens is 312 g/mol. The number of nitrogens with zero attached hydrogens (tertiary/aromatic N) is 4. The van der Waals surface area contributed by atoms with Crippen molar-refractivity contribution in [3.05, 3.63) is 53.3 Å². The van der Waals surface area contributed by atoms with Crippen LogP contribution in [-0.2, 0) is 6.42 Å². The van der Waals surface area contributed by atoms with Gasteiger partial charge in [-0.2, -0.15) is 5.10 Å². The quantitative estimate of drug-likeness (QED) is 0.714. The minimum atomic E-state index is 0.0154. The van der Waals surface area contributed by atoms with Crippen LogP contribution >= 0.6 is 0 Å². The minimum Gasteiger partial charge on any atom is -0.305 e. The summed E-state index contributed by atoms with van der Waals surface area (Å²) in [4.78, 5) is 19.9. The number of para-hydroxylation sites is 1. The van der Waals surface area contributed by atoms with Crippen LogP contribution in [0, 0.1) is 6.92 Å². The van der Waals surface area contributed by atoms with E-state index >= 15 is 0 Å². The molecule has 3 aromatic rings. The molecule has 1 amide bonds. The average Bonchev–Trinajstić information content (AvgIpc) is 3.13. The summed E-state index contributed by atoms with van der Waals surface area (Å²) in [6.07, 6.45) is 2.68. The molecule has 0 spiro atoms. The summed E-state index contributed by atoms with van der Waals surface area (Å²) in [6.45, 7) is 8.14. The third-order valence-electron chi connectivity index (χ3n) is 4.91. The smallest absolute Gasteiger partial charge is 0.260 e. The minimum absolute atomic E-state index is 0.0154. The van der Waals surface area contributed by atoms with Gasteiger partial charge < -0.3 is 4.90 Å². The molecule has 0 bridgehead atoms. The number of rotatable bonds is 2. The summed E-state index contributed by atoms with van der Waals surface area (Å²) in [7, 11) is 0. The van der Waals surface area contributed by atoms with Gasteiger partial charge in [0.15, 0.2) is 5.65 Å². The van der Waals surface area contributed by atoms with Crippen molar-refractivity contribution in [3.8, 4) is 0 Å². The normalized spacial score (nSPS) is 16.7. The maximum absolute atomic E-state index is 13.3. The van der Waals surface area contributed by atoms with Gasteiger partial charge >= 0.3 is 0 Å². The van der Waals surface area contributed by atoms with Crippen molar-refractivity contribution in [3.63, 3.8) is 0 Å². The van der Waals surface area contributed by atoms with Crippen LogP contribution in [0.15, 0.2) is 36.5 Å². The SMILES string of the molecule is Cc1nc2c(cnn2C(C)C)cc1C(=O)N1c2ccccc2CC1C. The van der Waals surface area contributed by atoms with Crippen LogP contribution < -0.4 is 4.90 Å². The van der Waals surface area contributed by atoms with Gasteiger partial charge in [-0.15, -0.1) is 0 Å². The molecule has 0 aliphatic carbocycles. The van der Waals surface area contributed by atoms with E-state index in [0.29, 0.717) is 5.56 Å². The van der Waals surface area contributed by atoms with Crippen molar-refractivity contribution in [1.82, 2.24) is 14.8 Å². The number of aromatic nitrogens is 3. The lowest BCUT2D eigenvalue weighted by Crippen LogP contribution is -2.36. The summed E-state index contributed by atoms with van der Waals surface area (Å²) >= 11 is 0. The molecule has 0 fully saturated rings. The zero-order valence-corrected chi connectivity index (χ0v) is 15.0. The molecule has 2 aromatic heterocycles. The Morgan fingerprint density at radius 3 is 2.80 bits per heavy atom. The summed E-state index contributed by atoms with van der Waals surface area (Å²) in [6, 6.07) is 10.4. The maximum Gasteiger partial charge on any atom is 0.260 e. The highest BCUT2D eigenvalue weighted by Crippen LogP contribution is 2.33. The van der Waals surface area contributed by atoms with E-state index < -0.39 is 0 Å². The summed E-state index contributed by atoms with van der Waals surface area (Å²) in [5.41, 5.74) is 4.47. The fraction of sp³-hybridized carbons (Fsp3) is 0.350. The van der Waals surface area contributed by atoms with E-state index in [2.05, 4.69) is 36.9 Å². The molecule has 1 atom stereocenters. The highest BCUT2D eigenvalue weighted by molar-refractivity contribution is 6.09. The second kappa shape index (κ2) is 5.69. The number of aryl methyl sites for hydroxylation is 1. The predicted molar refractivity (Wildman–Crippen MR) is 99.1 cm³/mol. The van der Waals surface area contributed by atoms with Gasteiger partial charge in [-0.05, 0) is 51.8 Å². The van der Waals surface area contributed by atoms with Crippen molar-refractivity contribution in [2.24, 2.45) is 0 Å². The first kappa shape index (κ1) is 15.8. The van der Waals surface area contributed by atoms with E-state index in [1.807, 2.05) is 40.8 Å². The molecule has 1 aliphatic rings. The molecule has 0 saturated carbocycles. The lowest BCUT2D eigenvalue weighted by Gasteiger charge is -2.23. The first-order valence-electron chi connectivity index (χ1n) is 8.73. The number of pyridine rings is 1. The lowest BCUT2D eigenvalue weighted by atomic mass is 10.1. The van der Waals surface area contributed by atoms with Gasteiger partial charge in [-0.25, -0.2) is 9.67 Å². The first-order chi connectivity index (χ1) is 12.0. The van der Waals surface area contributed by atoms with E-state index in [0.717, 1.165) is 28.8 Å². The lowest BCUT2D eigenvalue weighted by molar-refractivity contribution is 0.0980. The zero-order valence-electron chi connectivity index (χ0n) is 15.0. The van der Waals surface area contributed by atoms with E-state index in [1.165, 1.54) is 5.56 Å². The number of carbonyl (C=O) groups is 1. The standard InChI is InChI=1S/C20H22N4O/c1-12(2)24-19-16(11-21-24)10-17(14(4)22-19)20(25)23-13(3)9-15-7-5-6-8-18(15)23/h5-8,10-13H,9H2,1-4H3. The number of anilines is 1. The molecule has 1 aliphatic heterocycles. The number of amides is 1. The monoisotopic (exact) mass is 334 g/mol. The van der Waals surface area contributed by atoms with Crippen LogP contribution in [-0.4, -0.2) is 26.7 Å². The van der Waals surface area contributed by atoms with Gasteiger partial charge in [0.05, 0.1) is 17.5 Å². The highest BCUT2D eigenvalue weighted by atomic mass is 16.2. The van der Waals surface area contributed by atoms with Crippen molar-refractivity contribution >= 4 is 22.6 Å². The Hall–Kier alpha value is -2.69. The molecule has 128 valence electrons. The molecule has 5 nitrogen and oxygen atoms in total. The largest absolute Gasteiger partial charge is 0.305 e. The molecule has 1 unspecified atom stereocenters. The fourth-order valence-corrected chi connectivity index (χ4v) is 3.66. The number of carbonyl (C=O) groups excluding carboxylic acids is 1. The van der Waals surface area contributed by atoms with Gasteiger partial charge in [-0.1, -0.05) is 18.2 Å². The Morgan fingerprint density at radius 2 is 2.04 bits per heavy atom. The van der Waals surface area contributed by atoms with E-state index in [1.54, 1.807) is 6.20 Å². The third-order valence-corrected chi connectivity index (χ3v) is 4.91. The molecule has 25 heavy (non-hydrogen) atoms. The number of fused-ring (bicyclic) bond motifs is 2. The molecule has 5 heteroatoms. The Balaban J connectivity index is 1.80. The van der Waals surface area contributed by atoms with Gasteiger partial charge in [0.2, 0.25) is 0 Å². The van der Waals surface area contributed by atoms with Crippen LogP contribution in [0.2, 0.25) is 0 Å². The van der Waals surface area contributed by atoms with E-state index in [-0.39, 0.29) is 18.0 Å². The van der Waals surface area contributed by atoms with Crippen molar-refractivity contribution in [2.75, 3.05) is 4.90 Å². The predicted octanol–water partition coefficient (Wildman–Crippen LogP) is 3.91. The molecule has 0 saturated heterocycles. The number of hydrogen-bond donors (Lipinski definition) is 0. The van der Waals surface area contributed by atoms with Gasteiger partial charge in [-0.3, -0.25) is 4.79 Å². The van der Waals surface area contributed by atoms with E-state index in [9.17, 15) is 4.79 Å². The second-order valence-electron chi connectivity index (χ2n) is 7.07. The molecule has 0 N–H and O–H groups in total. The topological polar surface area (TPSA) is 51.0 Å². The van der Waals surface area contributed by atoms with E-state index in [4.69, 9.17) is 0 Å². The number of benzene rings is 1. The Bertz CT molecular complexity index is 973. The van der Waals surface area contributed by atoms with Gasteiger partial charge in [0.25, 0.3) is 5.91 Å². The first-order valence-corrected chi connectivity index (χ1v) is 8.73. The maximum atomic E-state index is 13.3. The molecule has 1 aromatic carbocycles. The average molecular weight is 334 g/mol. The Morgan fingerprint density at radius 1 is 1.28 bits per heavy atom. The summed E-state index contributed by atoms with van der Waals surface area (Å²) in [5.74, 6) is 0.0154. The van der Waals surface area contributed by atoms with Crippen LogP contribution in [0.5, 0.6) is 0 Å².